The van der Waals surface area contributed by atoms with Crippen molar-refractivity contribution in [3.05, 3.63) is 82.5 Å². The van der Waals surface area contributed by atoms with E-state index in [1.54, 1.807) is 24.2 Å². The predicted molar refractivity (Wildman–Crippen MR) is 133 cm³/mol. The van der Waals surface area contributed by atoms with E-state index < -0.39 is 0 Å². The molecular weight excluding hydrogens is 452 g/mol. The molecule has 1 heteroatoms. The minimum atomic E-state index is 0.301. The van der Waals surface area contributed by atoms with Gasteiger partial charge in [0.2, 0.25) is 0 Å². The molecule has 0 amide bonds. The number of rotatable bonds is 2. The summed E-state index contributed by atoms with van der Waals surface area (Å²) in [5, 5.41) is 0. The maximum absolute atomic E-state index is 3.45. The molecule has 0 saturated carbocycles. The molecule has 0 bridgehead atoms. The van der Waals surface area contributed by atoms with Crippen molar-refractivity contribution in [1.82, 2.24) is 0 Å². The van der Waals surface area contributed by atoms with E-state index in [0.717, 1.165) is 6.42 Å². The first kappa shape index (κ1) is 25.9. The summed E-state index contributed by atoms with van der Waals surface area (Å²) >= 11 is 1.55. The van der Waals surface area contributed by atoms with Gasteiger partial charge in [-0.2, -0.15) is 35.4 Å². The smallest absolute Gasteiger partial charge is 0.0253 e. The van der Waals surface area contributed by atoms with Crippen LogP contribution < -0.4 is 0 Å². The summed E-state index contributed by atoms with van der Waals surface area (Å²) in [6.07, 6.45) is 11.5. The van der Waals surface area contributed by atoms with Crippen LogP contribution in [0.2, 0.25) is 0 Å². The number of benzene rings is 2. The third kappa shape index (κ3) is 7.94. The summed E-state index contributed by atoms with van der Waals surface area (Å²) < 4.78 is 1.51. The van der Waals surface area contributed by atoms with Crippen molar-refractivity contribution in [3.8, 4) is 11.1 Å². The SMILES string of the molecule is CCCC1[C-]=CC(C(C)(C)C)=C1.C[C](C)=[Zr+2].Cc1[c-]c2c(cc1)-c1ccc(C)cc1C2. The number of fused-ring (bicyclic) bond motifs is 3. The Hall–Kier alpha value is -1.33. The standard InChI is InChI=1S/C15H13.C12H19.C3H6.Zr/c1-10-3-5-14-12(7-10)9-13-8-11(2)4-6-15(13)14;1-5-6-10-7-8-11(9-10)12(2,3)4;1-3-2;/h3-7H,9H2,1-2H3;8-10H,5-6H2,1-4H3;1-2H3;/q2*-1;;+2. The van der Waals surface area contributed by atoms with Crippen LogP contribution in [0.5, 0.6) is 0 Å². The summed E-state index contributed by atoms with van der Waals surface area (Å²) in [4.78, 5) is 0. The molecule has 4 rings (SSSR count). The Bertz CT molecular complexity index is 913. The molecule has 2 aromatic rings. The van der Waals surface area contributed by atoms with Gasteiger partial charge in [-0.3, -0.25) is 6.08 Å². The molecular formula is C30H38Zr. The van der Waals surface area contributed by atoms with Gasteiger partial charge < -0.3 is 0 Å². The molecule has 2 aliphatic rings. The van der Waals surface area contributed by atoms with Crippen molar-refractivity contribution < 1.29 is 24.2 Å². The van der Waals surface area contributed by atoms with E-state index in [2.05, 4.69) is 110 Å². The minimum absolute atomic E-state index is 0.301. The number of hydrogen-bond acceptors (Lipinski definition) is 0. The molecule has 162 valence electrons. The van der Waals surface area contributed by atoms with E-state index in [1.807, 2.05) is 0 Å². The predicted octanol–water partition coefficient (Wildman–Crippen LogP) is 8.17. The molecule has 0 aliphatic heterocycles. The van der Waals surface area contributed by atoms with E-state index in [4.69, 9.17) is 0 Å². The molecule has 0 radical (unpaired) electrons. The maximum atomic E-state index is 3.45. The first-order chi connectivity index (χ1) is 14.5. The molecule has 1 unspecified atom stereocenters. The largest absolute Gasteiger partial charge is 0.176 e. The average Bonchev–Trinajstić information content (AvgIpc) is 3.25. The maximum Gasteiger partial charge on any atom is -0.0253 e. The molecule has 0 nitrogen and oxygen atoms in total. The van der Waals surface area contributed by atoms with E-state index >= 15 is 0 Å². The number of aryl methyl sites for hydroxylation is 2. The Morgan fingerprint density at radius 1 is 1.06 bits per heavy atom. The molecule has 0 aromatic heterocycles. The van der Waals surface area contributed by atoms with Gasteiger partial charge in [0.1, 0.15) is 0 Å². The fourth-order valence-corrected chi connectivity index (χ4v) is 3.82. The quantitative estimate of drug-likeness (QED) is 0.318. The van der Waals surface area contributed by atoms with Crippen LogP contribution in [-0.2, 0) is 30.7 Å². The van der Waals surface area contributed by atoms with Crippen molar-refractivity contribution in [1.29, 1.82) is 0 Å². The molecule has 0 fully saturated rings. The number of hydrogen-bond donors (Lipinski definition) is 0. The second kappa shape index (κ2) is 11.5. The van der Waals surface area contributed by atoms with E-state index in [-0.39, 0.29) is 0 Å². The summed E-state index contributed by atoms with van der Waals surface area (Å²) in [7, 11) is 0. The van der Waals surface area contributed by atoms with Crippen LogP contribution in [0.1, 0.15) is 76.6 Å². The van der Waals surface area contributed by atoms with Crippen LogP contribution in [0.15, 0.2) is 48.1 Å². The molecule has 0 N–H and O–H groups in total. The molecule has 31 heavy (non-hydrogen) atoms. The normalized spacial score (nSPS) is 15.8. The molecule has 0 spiro atoms. The van der Waals surface area contributed by atoms with Crippen LogP contribution in [0.25, 0.3) is 11.1 Å². The van der Waals surface area contributed by atoms with Crippen LogP contribution >= 0.6 is 0 Å². The van der Waals surface area contributed by atoms with Crippen molar-refractivity contribution in [3.63, 3.8) is 0 Å². The Labute approximate surface area is 206 Å². The minimum Gasteiger partial charge on any atom is -0.176 e. The van der Waals surface area contributed by atoms with E-state index in [0.29, 0.717) is 11.3 Å². The molecule has 2 aromatic carbocycles. The Morgan fingerprint density at radius 3 is 2.29 bits per heavy atom. The van der Waals surface area contributed by atoms with Crippen molar-refractivity contribution in [2.75, 3.05) is 0 Å². The Kier molecular flexibility index (Phi) is 9.63. The van der Waals surface area contributed by atoms with Gasteiger partial charge in [0.05, 0.1) is 0 Å². The fraction of sp³-hybridized carbons (Fsp3) is 0.433. The fourth-order valence-electron chi connectivity index (χ4n) is 3.82. The Balaban J connectivity index is 0.000000193. The van der Waals surface area contributed by atoms with Gasteiger partial charge in [0.15, 0.2) is 0 Å². The van der Waals surface area contributed by atoms with Crippen LogP contribution in [0, 0.1) is 37.3 Å². The summed E-state index contributed by atoms with van der Waals surface area (Å²) in [5.41, 5.74) is 9.90. The van der Waals surface area contributed by atoms with Gasteiger partial charge in [0, 0.05) is 0 Å². The second-order valence-electron chi connectivity index (χ2n) is 9.95. The van der Waals surface area contributed by atoms with Crippen molar-refractivity contribution >= 4 is 3.21 Å². The molecule has 2 aliphatic carbocycles. The van der Waals surface area contributed by atoms with Crippen LogP contribution in [0.4, 0.5) is 0 Å². The molecule has 0 saturated heterocycles. The van der Waals surface area contributed by atoms with Gasteiger partial charge in [-0.15, -0.1) is 11.1 Å². The topological polar surface area (TPSA) is 0 Å². The third-order valence-electron chi connectivity index (χ3n) is 5.39. The first-order valence-electron chi connectivity index (χ1n) is 11.5. The second-order valence-corrected chi connectivity index (χ2v) is 12.4. The van der Waals surface area contributed by atoms with Gasteiger partial charge in [-0.05, 0) is 18.9 Å². The molecule has 0 heterocycles. The zero-order chi connectivity index (χ0) is 23.2. The van der Waals surface area contributed by atoms with Gasteiger partial charge in [-0.25, -0.2) is 6.08 Å². The summed E-state index contributed by atoms with van der Waals surface area (Å²) in [5.74, 6) is 0.587. The van der Waals surface area contributed by atoms with Gasteiger partial charge in [0.25, 0.3) is 0 Å². The zero-order valence-electron chi connectivity index (χ0n) is 20.7. The zero-order valence-corrected chi connectivity index (χ0v) is 23.2. The first-order valence-corrected chi connectivity index (χ1v) is 12.7. The van der Waals surface area contributed by atoms with Crippen LogP contribution in [-0.4, -0.2) is 3.21 Å². The van der Waals surface area contributed by atoms with E-state index in [9.17, 15) is 0 Å². The summed E-state index contributed by atoms with van der Waals surface area (Å²) in [6, 6.07) is 14.5. The van der Waals surface area contributed by atoms with Crippen molar-refractivity contribution in [2.24, 2.45) is 11.3 Å². The monoisotopic (exact) mass is 488 g/mol. The number of allylic oxidation sites excluding steroid dienone is 4. The van der Waals surface area contributed by atoms with Crippen LogP contribution in [0.3, 0.4) is 0 Å². The third-order valence-corrected chi connectivity index (χ3v) is 5.39. The van der Waals surface area contributed by atoms with Crippen molar-refractivity contribution in [2.45, 2.75) is 74.7 Å². The van der Waals surface area contributed by atoms with E-state index in [1.165, 1.54) is 55.0 Å². The Morgan fingerprint density at radius 2 is 1.71 bits per heavy atom. The summed E-state index contributed by atoms with van der Waals surface area (Å²) in [6.45, 7) is 17.5. The average molecular weight is 490 g/mol. The molecule has 1 atom stereocenters. The van der Waals surface area contributed by atoms with Gasteiger partial charge in [-0.1, -0.05) is 88.1 Å². The van der Waals surface area contributed by atoms with Gasteiger partial charge >= 0.3 is 41.3 Å².